The molecule has 0 aliphatic rings. The number of aliphatic hydroxyl groups is 1. The van der Waals surface area contributed by atoms with Crippen molar-refractivity contribution in [3.8, 4) is 5.75 Å². The highest BCUT2D eigenvalue weighted by molar-refractivity contribution is 7.10. The van der Waals surface area contributed by atoms with E-state index in [9.17, 15) is 5.11 Å². The number of benzene rings is 2. The predicted octanol–water partition coefficient (Wildman–Crippen LogP) is 6.02. The molecular formula is C26H32N2O2S2. The normalized spacial score (nSPS) is 30.3. The zero-order valence-electron chi connectivity index (χ0n) is 44.7. The average molecular weight is 498 g/mol. The molecule has 170 valence electrons. The second-order valence-corrected chi connectivity index (χ2v) is 6.68. The van der Waals surface area contributed by atoms with Crippen molar-refractivity contribution < 1.29 is 49.6 Å². The molecule has 0 spiro atoms. The van der Waals surface area contributed by atoms with Crippen molar-refractivity contribution in [2.45, 2.75) is 24.9 Å². The molecule has 4 rings (SSSR count). The van der Waals surface area contributed by atoms with E-state index in [0.717, 1.165) is 0 Å². The Balaban J connectivity index is 0.000000382. The summed E-state index contributed by atoms with van der Waals surface area (Å²) in [5.41, 5.74) is 0. The Kier molecular flexibility index (Phi) is 2.79. The van der Waals surface area contributed by atoms with Crippen molar-refractivity contribution in [1.29, 1.82) is 0 Å². The summed E-state index contributed by atoms with van der Waals surface area (Å²) in [5.74, 6) is -1.05. The van der Waals surface area contributed by atoms with Gasteiger partial charge < -0.3 is 20.5 Å². The molecule has 0 saturated carbocycles. The molecule has 32 heavy (non-hydrogen) atoms. The lowest BCUT2D eigenvalue weighted by Gasteiger charge is -2.19. The van der Waals surface area contributed by atoms with E-state index in [2.05, 4.69) is 0 Å². The molecule has 2 aromatic heterocycles. The molecule has 2 heterocycles. The fourth-order valence-corrected chi connectivity index (χ4v) is 2.86. The van der Waals surface area contributed by atoms with Gasteiger partial charge in [-0.25, -0.2) is 0 Å². The van der Waals surface area contributed by atoms with Gasteiger partial charge in [0, 0.05) is 40.7 Å². The molecule has 0 aliphatic heterocycles. The molecule has 2 unspecified atom stereocenters. The molecule has 0 aliphatic carbocycles. The Labute approximate surface area is 239 Å². The van der Waals surface area contributed by atoms with Crippen molar-refractivity contribution in [2.75, 3.05) is 26.9 Å². The largest absolute Gasteiger partial charge is 0.484 e. The van der Waals surface area contributed by atoms with Crippen LogP contribution >= 0.6 is 22.7 Å². The van der Waals surface area contributed by atoms with Gasteiger partial charge in [0.2, 0.25) is 0 Å². The minimum Gasteiger partial charge on any atom is -0.484 e. The van der Waals surface area contributed by atoms with Gasteiger partial charge in [-0.2, -0.15) is 0 Å². The standard InChI is InChI=1S/C18H19NOS.C8H13NOS/c1-19-12-11-17(18-10-5-13-21-18)20-16-9-4-7-14-6-2-3-8-15(14)16;1-9-5-4-7(10)8-3-2-6-11-8/h2-10,13,17,19H,11-12H2,1H3;2-3,6-7,9-10H,4-5H2,1H3/i1D3,2D,3D,4D,5D,6D,7D,8D,9D,10D,11D2,12D2,13D,17D;1D3,2D,3D,4D2,5D2,6D,7D. The summed E-state index contributed by atoms with van der Waals surface area (Å²) in [5, 5.41) is 10.4. The van der Waals surface area contributed by atoms with Gasteiger partial charge in [-0.3, -0.25) is 0 Å². The Morgan fingerprint density at radius 2 is 1.62 bits per heavy atom. The Morgan fingerprint density at radius 1 is 0.938 bits per heavy atom. The van der Waals surface area contributed by atoms with E-state index in [1.165, 1.54) is 10.6 Å². The minimum absolute atomic E-state index is 0.168. The molecular weight excluding hydrogens is 436 g/mol. The smallest absolute Gasteiger partial charge is 0.134 e. The highest BCUT2D eigenvalue weighted by Crippen LogP contribution is 2.32. The third-order valence-electron chi connectivity index (χ3n) is 3.15. The second-order valence-electron chi connectivity index (χ2n) is 5.05. The monoisotopic (exact) mass is 497 g/mol. The van der Waals surface area contributed by atoms with Crippen LogP contribution in [0.25, 0.3) is 10.8 Å². The van der Waals surface area contributed by atoms with Crippen LogP contribution in [0.1, 0.15) is 74.4 Å². The lowest BCUT2D eigenvalue weighted by atomic mass is 10.1. The van der Waals surface area contributed by atoms with E-state index in [1.54, 1.807) is 0 Å². The van der Waals surface area contributed by atoms with Gasteiger partial charge in [-0.05, 0) is 67.5 Å². The highest BCUT2D eigenvalue weighted by atomic mass is 32.1. The summed E-state index contributed by atoms with van der Waals surface area (Å²) in [6.07, 6.45) is -14.3. The SMILES string of the molecule is [2H]c1sc(C([2H])(O)C([2H])([2H])C([2H])([2H])NC([2H])([2H])[2H])c([2H])c1[2H].[2H]c1sc(C([2H])(Oc2c([2H])c([2H])c([2H])c3c([2H])c([2H])c([2H])c([2H])c23)C([2H])([2H])C([2H])([2H])NC([2H])([2H])[2H])c([2H])c1[2H]. The van der Waals surface area contributed by atoms with Crippen LogP contribution in [0.4, 0.5) is 0 Å². The second kappa shape index (κ2) is 13.4. The molecule has 2 aromatic carbocycles. The third kappa shape index (κ3) is 7.15. The Morgan fingerprint density at radius 3 is 2.34 bits per heavy atom. The van der Waals surface area contributed by atoms with E-state index in [-0.39, 0.29) is 22.7 Å². The zero-order valence-corrected chi connectivity index (χ0v) is 17.3. The number of hydrogen-bond donors (Lipinski definition) is 3. The lowest BCUT2D eigenvalue weighted by molar-refractivity contribution is 0.171. The van der Waals surface area contributed by atoms with Crippen LogP contribution in [0, 0.1) is 0 Å². The average Bonchev–Trinajstić information content (AvgIpc) is 3.52. The number of rotatable bonds is 10. The van der Waals surface area contributed by atoms with E-state index in [0.29, 0.717) is 0 Å². The first kappa shape index (κ1) is 6.68. The third-order valence-corrected chi connectivity index (χ3v) is 4.55. The first-order chi connectivity index (χ1) is 27.1. The molecule has 3 N–H and O–H groups in total. The summed E-state index contributed by atoms with van der Waals surface area (Å²) in [6.45, 7) is -13.4. The van der Waals surface area contributed by atoms with Gasteiger partial charge in [-0.15, -0.1) is 22.7 Å². The quantitative estimate of drug-likeness (QED) is 0.251. The fraction of sp³-hybridized carbons (Fsp3) is 0.308. The molecule has 4 nitrogen and oxygen atoms in total. The van der Waals surface area contributed by atoms with Crippen molar-refractivity contribution in [2.24, 2.45) is 0 Å². The lowest BCUT2D eigenvalue weighted by Crippen LogP contribution is -2.15. The summed E-state index contributed by atoms with van der Waals surface area (Å²) in [7, 11) is 0. The number of hydrogen-bond acceptors (Lipinski definition) is 6. The zero-order chi connectivity index (χ0) is 47.9. The van der Waals surface area contributed by atoms with E-state index >= 15 is 0 Å². The maximum Gasteiger partial charge on any atom is 0.134 e. The molecule has 0 radical (unpaired) electrons. The van der Waals surface area contributed by atoms with Gasteiger partial charge in [0.05, 0.1) is 26.6 Å². The van der Waals surface area contributed by atoms with Gasteiger partial charge in [0.15, 0.2) is 0 Å². The molecule has 0 amide bonds. The van der Waals surface area contributed by atoms with Crippen LogP contribution in [0.2, 0.25) is 0 Å². The summed E-state index contributed by atoms with van der Waals surface area (Å²) in [6, 6.07) is -9.35. The molecule has 0 saturated heterocycles. The number of nitrogens with one attached hydrogen (secondary N) is 2. The van der Waals surface area contributed by atoms with E-state index in [1.807, 2.05) is 0 Å². The van der Waals surface area contributed by atoms with Crippen LogP contribution in [0.15, 0.2) is 77.2 Å². The predicted molar refractivity (Wildman–Crippen MR) is 138 cm³/mol. The van der Waals surface area contributed by atoms with Gasteiger partial charge >= 0.3 is 0 Å². The molecule has 0 fully saturated rings. The number of ether oxygens (including phenoxy) is 1. The molecule has 0 bridgehead atoms. The van der Waals surface area contributed by atoms with Crippen molar-refractivity contribution in [3.63, 3.8) is 0 Å². The Hall–Kier alpha value is -2.22. The first-order valence-electron chi connectivity index (χ1n) is 22.7. The highest BCUT2D eigenvalue weighted by Gasteiger charge is 2.15. The van der Waals surface area contributed by atoms with Crippen molar-refractivity contribution >= 4 is 33.4 Å². The number of thiophene rings is 2. The van der Waals surface area contributed by atoms with Gasteiger partial charge in [-0.1, -0.05) is 48.3 Å². The van der Waals surface area contributed by atoms with Crippen LogP contribution < -0.4 is 15.4 Å². The van der Waals surface area contributed by atoms with Gasteiger partial charge in [0.25, 0.3) is 0 Å². The Bertz CT molecular complexity index is 2320. The molecule has 2 atom stereocenters. The van der Waals surface area contributed by atoms with Gasteiger partial charge in [0.1, 0.15) is 11.8 Å². The first-order valence-corrected chi connectivity index (χ1v) is 9.83. The molecule has 6 heteroatoms. The van der Waals surface area contributed by atoms with Crippen LogP contribution in [-0.2, 0) is 0 Å². The minimum atomic E-state index is -3.82. The topological polar surface area (TPSA) is 53.5 Å². The maximum absolute atomic E-state index is 10.1. The van der Waals surface area contributed by atoms with E-state index < -0.39 is 155 Å². The molecule has 4 aromatic rings. The number of fused-ring (bicyclic) bond motifs is 1. The van der Waals surface area contributed by atoms with Crippen LogP contribution in [0.3, 0.4) is 0 Å². The summed E-state index contributed by atoms with van der Waals surface area (Å²) < 4.78 is 232. The van der Waals surface area contributed by atoms with Crippen LogP contribution in [-0.4, -0.2) is 32.1 Å². The summed E-state index contributed by atoms with van der Waals surface area (Å²) >= 11 is 0.456. The van der Waals surface area contributed by atoms with Crippen LogP contribution in [0.5, 0.6) is 5.75 Å². The summed E-state index contributed by atoms with van der Waals surface area (Å²) in [4.78, 5) is -1.64. The van der Waals surface area contributed by atoms with Crippen molar-refractivity contribution in [3.05, 3.63) is 86.9 Å². The van der Waals surface area contributed by atoms with E-state index in [4.69, 9.17) is 44.5 Å². The maximum atomic E-state index is 10.1. The fourth-order valence-electron chi connectivity index (χ4n) is 1.91. The van der Waals surface area contributed by atoms with Crippen molar-refractivity contribution in [1.82, 2.24) is 10.6 Å².